The largest absolute Gasteiger partial charge is 0.436 e. The van der Waals surface area contributed by atoms with Gasteiger partial charge in [-0.25, -0.2) is 0 Å². The minimum atomic E-state index is 0.0453. The standard InChI is InChI=1S/C17H13Cl2N5O/c1-3-11-7-10(5-4-6-20)8-13(18)14(11)25-16-12-9-24(2)23-15(12)21-17(19)22-16/h4-5,7-9H,3H2,1-2H3/b5-4+. The summed E-state index contributed by atoms with van der Waals surface area (Å²) in [5, 5.41) is 14.0. The highest BCUT2D eigenvalue weighted by atomic mass is 35.5. The Morgan fingerprint density at radius 2 is 2.12 bits per heavy atom. The summed E-state index contributed by atoms with van der Waals surface area (Å²) < 4.78 is 7.60. The number of aromatic nitrogens is 4. The maximum absolute atomic E-state index is 8.67. The first-order valence-electron chi connectivity index (χ1n) is 7.45. The summed E-state index contributed by atoms with van der Waals surface area (Å²) in [6.07, 6.45) is 5.54. The number of nitrogens with zero attached hydrogens (tertiary/aromatic N) is 5. The lowest BCUT2D eigenvalue weighted by Crippen LogP contribution is -1.96. The molecule has 3 aromatic rings. The van der Waals surface area contributed by atoms with E-state index < -0.39 is 0 Å². The molecule has 3 rings (SSSR count). The van der Waals surface area contributed by atoms with Gasteiger partial charge in [0.15, 0.2) is 11.4 Å². The molecule has 0 fully saturated rings. The van der Waals surface area contributed by atoms with Gasteiger partial charge in [0, 0.05) is 19.3 Å². The minimum absolute atomic E-state index is 0.0453. The maximum atomic E-state index is 8.67. The van der Waals surface area contributed by atoms with E-state index in [1.807, 2.05) is 19.1 Å². The van der Waals surface area contributed by atoms with Crippen LogP contribution in [-0.4, -0.2) is 19.7 Å². The van der Waals surface area contributed by atoms with Crippen LogP contribution in [0.5, 0.6) is 11.6 Å². The molecule has 2 aromatic heterocycles. The molecule has 1 aromatic carbocycles. The monoisotopic (exact) mass is 373 g/mol. The Kier molecular flexibility index (Phi) is 4.88. The molecule has 0 amide bonds. The van der Waals surface area contributed by atoms with Gasteiger partial charge in [0.1, 0.15) is 5.39 Å². The molecule has 0 radical (unpaired) electrons. The summed E-state index contributed by atoms with van der Waals surface area (Å²) in [6, 6.07) is 5.60. The van der Waals surface area contributed by atoms with E-state index >= 15 is 0 Å². The summed E-state index contributed by atoms with van der Waals surface area (Å²) in [5.74, 6) is 0.790. The Balaban J connectivity index is 2.09. The fourth-order valence-electron chi connectivity index (χ4n) is 2.42. The van der Waals surface area contributed by atoms with Gasteiger partial charge in [0.05, 0.1) is 11.1 Å². The molecule has 2 heterocycles. The number of nitriles is 1. The number of allylic oxidation sites excluding steroid dienone is 1. The van der Waals surface area contributed by atoms with Gasteiger partial charge in [-0.2, -0.15) is 20.3 Å². The quantitative estimate of drug-likeness (QED) is 0.494. The maximum Gasteiger partial charge on any atom is 0.234 e. The van der Waals surface area contributed by atoms with Crippen molar-refractivity contribution in [3.63, 3.8) is 0 Å². The molecule has 6 nitrogen and oxygen atoms in total. The summed E-state index contributed by atoms with van der Waals surface area (Å²) in [6.45, 7) is 1.99. The second-order valence-corrected chi connectivity index (χ2v) is 5.99. The lowest BCUT2D eigenvalue weighted by Gasteiger charge is -2.13. The number of ether oxygens (including phenoxy) is 1. The van der Waals surface area contributed by atoms with Crippen LogP contribution in [0.15, 0.2) is 24.4 Å². The molecule has 0 unspecified atom stereocenters. The van der Waals surface area contributed by atoms with Crippen molar-refractivity contribution >= 4 is 40.3 Å². The second kappa shape index (κ2) is 7.09. The average Bonchev–Trinajstić information content (AvgIpc) is 2.94. The van der Waals surface area contributed by atoms with Crippen LogP contribution in [0.1, 0.15) is 18.1 Å². The van der Waals surface area contributed by atoms with E-state index in [-0.39, 0.29) is 5.28 Å². The van der Waals surface area contributed by atoms with Crippen molar-refractivity contribution in [2.45, 2.75) is 13.3 Å². The average molecular weight is 374 g/mol. The molecule has 0 aliphatic carbocycles. The predicted octanol–water partition coefficient (Wildman–Crippen LogP) is 4.56. The number of fused-ring (bicyclic) bond motifs is 1. The van der Waals surface area contributed by atoms with Gasteiger partial charge < -0.3 is 4.74 Å². The lowest BCUT2D eigenvalue weighted by molar-refractivity contribution is 0.463. The molecular weight excluding hydrogens is 361 g/mol. The number of aryl methyl sites for hydroxylation is 2. The van der Waals surface area contributed by atoms with Gasteiger partial charge >= 0.3 is 0 Å². The van der Waals surface area contributed by atoms with Crippen LogP contribution in [0.3, 0.4) is 0 Å². The number of rotatable bonds is 4. The number of hydrogen-bond acceptors (Lipinski definition) is 5. The van der Waals surface area contributed by atoms with Crippen molar-refractivity contribution in [2.75, 3.05) is 0 Å². The van der Waals surface area contributed by atoms with Crippen molar-refractivity contribution in [1.29, 1.82) is 5.26 Å². The van der Waals surface area contributed by atoms with Crippen LogP contribution >= 0.6 is 23.2 Å². The SMILES string of the molecule is CCc1cc(/C=C/C#N)cc(Cl)c1Oc1nc(Cl)nc2nn(C)cc12. The first kappa shape index (κ1) is 17.2. The van der Waals surface area contributed by atoms with Crippen molar-refractivity contribution < 1.29 is 4.74 Å². The van der Waals surface area contributed by atoms with E-state index in [1.165, 1.54) is 6.08 Å². The van der Waals surface area contributed by atoms with E-state index in [0.717, 1.165) is 11.1 Å². The minimum Gasteiger partial charge on any atom is -0.436 e. The van der Waals surface area contributed by atoms with Crippen LogP contribution in [-0.2, 0) is 13.5 Å². The Morgan fingerprint density at radius 1 is 1.32 bits per heavy atom. The molecule has 0 aliphatic heterocycles. The number of hydrogen-bond donors (Lipinski definition) is 0. The van der Waals surface area contributed by atoms with Gasteiger partial charge in [-0.3, -0.25) is 4.68 Å². The van der Waals surface area contributed by atoms with Crippen molar-refractivity contribution in [3.05, 3.63) is 45.8 Å². The Labute approximate surface area is 154 Å². The van der Waals surface area contributed by atoms with E-state index in [9.17, 15) is 0 Å². The van der Waals surface area contributed by atoms with Gasteiger partial charge in [0.2, 0.25) is 11.2 Å². The topological polar surface area (TPSA) is 76.6 Å². The molecule has 126 valence electrons. The molecule has 0 aliphatic rings. The zero-order valence-corrected chi connectivity index (χ0v) is 15.0. The highest BCUT2D eigenvalue weighted by molar-refractivity contribution is 6.32. The van der Waals surface area contributed by atoms with Gasteiger partial charge in [0.25, 0.3) is 0 Å². The lowest BCUT2D eigenvalue weighted by atomic mass is 10.1. The highest BCUT2D eigenvalue weighted by Crippen LogP contribution is 2.36. The van der Waals surface area contributed by atoms with Crippen LogP contribution in [0.25, 0.3) is 17.1 Å². The van der Waals surface area contributed by atoms with E-state index in [4.69, 9.17) is 33.2 Å². The first-order valence-corrected chi connectivity index (χ1v) is 8.20. The van der Waals surface area contributed by atoms with Gasteiger partial charge in [-0.15, -0.1) is 0 Å². The number of benzene rings is 1. The normalized spacial score (nSPS) is 11.2. The number of halogens is 2. The smallest absolute Gasteiger partial charge is 0.234 e. The summed E-state index contributed by atoms with van der Waals surface area (Å²) in [4.78, 5) is 8.24. The zero-order chi connectivity index (χ0) is 18.0. The van der Waals surface area contributed by atoms with Crippen molar-refractivity contribution in [3.8, 4) is 17.7 Å². The molecule has 0 saturated carbocycles. The molecular formula is C17H13Cl2N5O. The van der Waals surface area contributed by atoms with Crippen LogP contribution in [0, 0.1) is 11.3 Å². The van der Waals surface area contributed by atoms with Gasteiger partial charge in [-0.05, 0) is 47.4 Å². The molecule has 8 heteroatoms. The molecule has 0 atom stereocenters. The summed E-state index contributed by atoms with van der Waals surface area (Å²) >= 11 is 12.4. The zero-order valence-electron chi connectivity index (χ0n) is 13.5. The van der Waals surface area contributed by atoms with E-state index in [2.05, 4.69) is 15.1 Å². The third kappa shape index (κ3) is 3.58. The fraction of sp³-hybridized carbons (Fsp3) is 0.176. The van der Waals surface area contributed by atoms with Crippen LogP contribution in [0.4, 0.5) is 0 Å². The fourth-order valence-corrected chi connectivity index (χ4v) is 2.86. The predicted molar refractivity (Wildman–Crippen MR) is 96.9 cm³/mol. The summed E-state index contributed by atoms with van der Waals surface area (Å²) in [7, 11) is 1.78. The van der Waals surface area contributed by atoms with Crippen molar-refractivity contribution in [2.24, 2.45) is 7.05 Å². The van der Waals surface area contributed by atoms with Gasteiger partial charge in [-0.1, -0.05) is 18.5 Å². The van der Waals surface area contributed by atoms with Crippen LogP contribution in [0.2, 0.25) is 10.3 Å². The molecule has 0 bridgehead atoms. The first-order chi connectivity index (χ1) is 12.0. The Hall–Kier alpha value is -2.62. The third-order valence-electron chi connectivity index (χ3n) is 3.50. The molecule has 0 spiro atoms. The van der Waals surface area contributed by atoms with Crippen molar-refractivity contribution in [1.82, 2.24) is 19.7 Å². The van der Waals surface area contributed by atoms with E-state index in [1.54, 1.807) is 30.1 Å². The summed E-state index contributed by atoms with van der Waals surface area (Å²) in [5.41, 5.74) is 2.15. The second-order valence-electron chi connectivity index (χ2n) is 5.25. The van der Waals surface area contributed by atoms with E-state index in [0.29, 0.717) is 34.1 Å². The molecule has 0 N–H and O–H groups in total. The Bertz CT molecular complexity index is 1020. The molecule has 25 heavy (non-hydrogen) atoms. The highest BCUT2D eigenvalue weighted by Gasteiger charge is 2.16. The third-order valence-corrected chi connectivity index (χ3v) is 3.95. The Morgan fingerprint density at radius 3 is 2.84 bits per heavy atom. The molecule has 0 saturated heterocycles. The van der Waals surface area contributed by atoms with Crippen LogP contribution < -0.4 is 4.74 Å².